The molecule has 0 aliphatic carbocycles. The quantitative estimate of drug-likeness (QED) is 0.743. The highest BCUT2D eigenvalue weighted by atomic mass is 32.2. The summed E-state index contributed by atoms with van der Waals surface area (Å²) in [4.78, 5) is 11.8. The lowest BCUT2D eigenvalue weighted by molar-refractivity contribution is 0.513. The lowest BCUT2D eigenvalue weighted by atomic mass is 10.2. The van der Waals surface area contributed by atoms with Gasteiger partial charge in [0.25, 0.3) is 5.56 Å². The van der Waals surface area contributed by atoms with Gasteiger partial charge in [-0.25, -0.2) is 0 Å². The molecule has 2 heterocycles. The van der Waals surface area contributed by atoms with Crippen LogP contribution in [0.3, 0.4) is 0 Å². The molecule has 0 bridgehead atoms. The molecule has 0 radical (unpaired) electrons. The van der Waals surface area contributed by atoms with E-state index in [0.717, 1.165) is 29.2 Å². The largest absolute Gasteiger partial charge is 0.298 e. The van der Waals surface area contributed by atoms with Crippen LogP contribution < -0.4 is 5.56 Å². The van der Waals surface area contributed by atoms with Crippen LogP contribution in [0, 0.1) is 0 Å². The molecule has 2 rings (SSSR count). The fraction of sp³-hybridized carbons (Fsp3) is 0.667. The molecule has 0 saturated carbocycles. The molecule has 1 aromatic rings. The Morgan fingerprint density at radius 2 is 2.31 bits per heavy atom. The van der Waals surface area contributed by atoms with Crippen molar-refractivity contribution < 1.29 is 0 Å². The molecule has 13 heavy (non-hydrogen) atoms. The zero-order chi connectivity index (χ0) is 9.42. The van der Waals surface area contributed by atoms with Crippen molar-refractivity contribution >= 4 is 11.8 Å². The maximum absolute atomic E-state index is 11.8. The van der Waals surface area contributed by atoms with E-state index in [2.05, 4.69) is 5.10 Å². The Hall–Kier alpha value is -0.640. The number of aromatic nitrogens is 2. The predicted octanol–water partition coefficient (Wildman–Crippen LogP) is 1.55. The Labute approximate surface area is 81.5 Å². The molecule has 0 atom stereocenters. The highest BCUT2D eigenvalue weighted by Gasteiger charge is 2.18. The Balaban J connectivity index is 2.51. The molecule has 0 spiro atoms. The van der Waals surface area contributed by atoms with E-state index >= 15 is 0 Å². The molecule has 0 saturated heterocycles. The average Bonchev–Trinajstić information content (AvgIpc) is 2.45. The number of fused-ring (bicyclic) bond motifs is 1. The Morgan fingerprint density at radius 1 is 1.54 bits per heavy atom. The second-order valence-corrected chi connectivity index (χ2v) is 4.75. The molecular formula is C9H14N2OS. The Morgan fingerprint density at radius 3 is 2.92 bits per heavy atom. The first-order valence-corrected chi connectivity index (χ1v) is 5.75. The summed E-state index contributed by atoms with van der Waals surface area (Å²) in [5.41, 5.74) is 2.33. The second kappa shape index (κ2) is 3.25. The van der Waals surface area contributed by atoms with Gasteiger partial charge in [0.05, 0.1) is 5.69 Å². The van der Waals surface area contributed by atoms with E-state index in [1.807, 2.05) is 25.6 Å². The van der Waals surface area contributed by atoms with Gasteiger partial charge >= 0.3 is 0 Å². The fourth-order valence-corrected chi connectivity index (χ4v) is 2.56. The average molecular weight is 198 g/mol. The van der Waals surface area contributed by atoms with E-state index < -0.39 is 0 Å². The summed E-state index contributed by atoms with van der Waals surface area (Å²) >= 11 is 1.89. The maximum atomic E-state index is 11.8. The molecule has 72 valence electrons. The van der Waals surface area contributed by atoms with Gasteiger partial charge in [-0.2, -0.15) is 11.8 Å². The summed E-state index contributed by atoms with van der Waals surface area (Å²) in [7, 11) is 0. The van der Waals surface area contributed by atoms with E-state index in [1.54, 1.807) is 4.68 Å². The lowest BCUT2D eigenvalue weighted by Crippen LogP contribution is -2.21. The first-order chi connectivity index (χ1) is 6.20. The van der Waals surface area contributed by atoms with Gasteiger partial charge in [0.2, 0.25) is 0 Å². The van der Waals surface area contributed by atoms with E-state index in [9.17, 15) is 4.79 Å². The standard InChI is InChI=1S/C9H14N2OS/c1-6(2)11-9(12)7-3-4-13-5-8(7)10-11/h6,10H,3-5H2,1-2H3. The molecule has 3 nitrogen and oxygen atoms in total. The van der Waals surface area contributed by atoms with Crippen molar-refractivity contribution in [1.29, 1.82) is 0 Å². The highest BCUT2D eigenvalue weighted by Crippen LogP contribution is 2.20. The van der Waals surface area contributed by atoms with Crippen LogP contribution in [0.2, 0.25) is 0 Å². The van der Waals surface area contributed by atoms with Crippen LogP contribution in [0.15, 0.2) is 4.79 Å². The van der Waals surface area contributed by atoms with Gasteiger partial charge in [0.1, 0.15) is 0 Å². The van der Waals surface area contributed by atoms with Crippen LogP contribution in [-0.2, 0) is 12.2 Å². The van der Waals surface area contributed by atoms with Crippen LogP contribution in [0.25, 0.3) is 0 Å². The fourth-order valence-electron chi connectivity index (χ4n) is 1.63. The van der Waals surface area contributed by atoms with Crippen molar-refractivity contribution in [1.82, 2.24) is 9.78 Å². The number of hydrogen-bond acceptors (Lipinski definition) is 2. The molecule has 0 fully saturated rings. The second-order valence-electron chi connectivity index (χ2n) is 3.64. The first kappa shape index (κ1) is 8.94. The number of H-pyrrole nitrogens is 1. The number of thioether (sulfide) groups is 1. The smallest absolute Gasteiger partial charge is 0.270 e. The van der Waals surface area contributed by atoms with Crippen molar-refractivity contribution in [2.75, 3.05) is 5.75 Å². The molecule has 0 aromatic carbocycles. The molecule has 0 amide bonds. The monoisotopic (exact) mass is 198 g/mol. The van der Waals surface area contributed by atoms with E-state index in [4.69, 9.17) is 0 Å². The summed E-state index contributed by atoms with van der Waals surface area (Å²) in [6.45, 7) is 4.05. The summed E-state index contributed by atoms with van der Waals surface area (Å²) in [6, 6.07) is 0.239. The molecule has 4 heteroatoms. The van der Waals surface area contributed by atoms with Crippen molar-refractivity contribution in [2.24, 2.45) is 0 Å². The van der Waals surface area contributed by atoms with Crippen molar-refractivity contribution in [2.45, 2.75) is 32.1 Å². The van der Waals surface area contributed by atoms with E-state index in [1.165, 1.54) is 0 Å². The first-order valence-electron chi connectivity index (χ1n) is 4.60. The van der Waals surface area contributed by atoms with Gasteiger partial charge in [0.15, 0.2) is 0 Å². The molecule has 0 unspecified atom stereocenters. The van der Waals surface area contributed by atoms with Gasteiger partial charge in [-0.1, -0.05) is 0 Å². The molecule has 1 aliphatic rings. The number of rotatable bonds is 1. The van der Waals surface area contributed by atoms with Crippen LogP contribution in [0.4, 0.5) is 0 Å². The van der Waals surface area contributed by atoms with Gasteiger partial charge < -0.3 is 0 Å². The highest BCUT2D eigenvalue weighted by molar-refractivity contribution is 7.98. The van der Waals surface area contributed by atoms with Crippen LogP contribution >= 0.6 is 11.8 Å². The van der Waals surface area contributed by atoms with Gasteiger partial charge in [-0.15, -0.1) is 0 Å². The zero-order valence-corrected chi connectivity index (χ0v) is 8.78. The van der Waals surface area contributed by atoms with Crippen molar-refractivity contribution in [3.63, 3.8) is 0 Å². The van der Waals surface area contributed by atoms with E-state index in [0.29, 0.717) is 0 Å². The summed E-state index contributed by atoms with van der Waals surface area (Å²) in [5, 5.41) is 3.18. The SMILES string of the molecule is CC(C)n1[nH]c2c(c1=O)CCSC2. The maximum Gasteiger partial charge on any atom is 0.270 e. The van der Waals surface area contributed by atoms with Crippen molar-refractivity contribution in [3.05, 3.63) is 21.6 Å². The number of aromatic amines is 1. The lowest BCUT2D eigenvalue weighted by Gasteiger charge is -2.07. The molecular weight excluding hydrogens is 184 g/mol. The van der Waals surface area contributed by atoms with Crippen LogP contribution in [-0.4, -0.2) is 15.5 Å². The Bertz CT molecular complexity index is 364. The van der Waals surface area contributed by atoms with Crippen molar-refractivity contribution in [3.8, 4) is 0 Å². The third-order valence-corrected chi connectivity index (χ3v) is 3.34. The van der Waals surface area contributed by atoms with Crippen LogP contribution in [0.5, 0.6) is 0 Å². The molecule has 1 N–H and O–H groups in total. The molecule has 1 aromatic heterocycles. The predicted molar refractivity (Wildman–Crippen MR) is 55.3 cm³/mol. The minimum absolute atomic E-state index is 0.185. The summed E-state index contributed by atoms with van der Waals surface area (Å²) in [6.07, 6.45) is 0.926. The number of hydrogen-bond donors (Lipinski definition) is 1. The molecule has 1 aliphatic heterocycles. The summed E-state index contributed by atoms with van der Waals surface area (Å²) in [5.74, 6) is 2.04. The van der Waals surface area contributed by atoms with Gasteiger partial charge in [0, 0.05) is 17.4 Å². The Kier molecular flexibility index (Phi) is 2.24. The number of nitrogens with one attached hydrogen (secondary N) is 1. The third kappa shape index (κ3) is 1.43. The topological polar surface area (TPSA) is 37.8 Å². The van der Waals surface area contributed by atoms with E-state index in [-0.39, 0.29) is 11.6 Å². The zero-order valence-electron chi connectivity index (χ0n) is 7.96. The van der Waals surface area contributed by atoms with Gasteiger partial charge in [-0.05, 0) is 26.0 Å². The minimum atomic E-state index is 0.185. The van der Waals surface area contributed by atoms with Crippen LogP contribution in [0.1, 0.15) is 31.1 Å². The van der Waals surface area contributed by atoms with Gasteiger partial charge in [-0.3, -0.25) is 14.6 Å². The normalized spacial score (nSPS) is 16.2. The summed E-state index contributed by atoms with van der Waals surface area (Å²) < 4.78 is 1.73. The third-order valence-electron chi connectivity index (χ3n) is 2.36. The number of nitrogens with zero attached hydrogens (tertiary/aromatic N) is 1. The minimum Gasteiger partial charge on any atom is -0.298 e.